The Labute approximate surface area is 119 Å². The van der Waals surface area contributed by atoms with Crippen LogP contribution in [0, 0.1) is 0 Å². The monoisotopic (exact) mass is 446 g/mol. The SMILES string of the molecule is CCC(=O)[NH][Hf+2]([C]1=CC=CC1)[SiH](C)C.[Cl-].[Cl-]. The van der Waals surface area contributed by atoms with Gasteiger partial charge in [-0.1, -0.05) is 0 Å². The summed E-state index contributed by atoms with van der Waals surface area (Å²) in [5.41, 5.74) is 0. The number of halogens is 2. The number of rotatable bonds is 4. The van der Waals surface area contributed by atoms with E-state index in [4.69, 9.17) is 0 Å². The Morgan fingerprint density at radius 1 is 1.50 bits per heavy atom. The predicted molar refractivity (Wildman–Crippen MR) is 59.2 cm³/mol. The molecule has 0 aromatic heterocycles. The van der Waals surface area contributed by atoms with Crippen LogP contribution in [-0.4, -0.2) is 11.9 Å². The van der Waals surface area contributed by atoms with Gasteiger partial charge in [-0.05, 0) is 0 Å². The van der Waals surface area contributed by atoms with Crippen LogP contribution in [0.1, 0.15) is 19.8 Å². The molecular weight excluding hydrogens is 428 g/mol. The zero-order chi connectivity index (χ0) is 10.6. The Balaban J connectivity index is 0. The van der Waals surface area contributed by atoms with Gasteiger partial charge in [-0.2, -0.15) is 0 Å². The molecule has 16 heavy (non-hydrogen) atoms. The minimum Gasteiger partial charge on any atom is -1.00 e. The fraction of sp³-hybridized carbons (Fsp3) is 0.500. The van der Waals surface area contributed by atoms with Gasteiger partial charge in [0, 0.05) is 0 Å². The van der Waals surface area contributed by atoms with Crippen LogP contribution in [0.4, 0.5) is 0 Å². The maximum Gasteiger partial charge on any atom is -1.00 e. The molecule has 1 amide bonds. The van der Waals surface area contributed by atoms with Crippen molar-refractivity contribution in [3.05, 3.63) is 21.6 Å². The largest absolute Gasteiger partial charge is 1.00 e. The van der Waals surface area contributed by atoms with Gasteiger partial charge < -0.3 is 24.8 Å². The Morgan fingerprint density at radius 3 is 2.50 bits per heavy atom. The van der Waals surface area contributed by atoms with Crippen molar-refractivity contribution in [1.82, 2.24) is 3.30 Å². The van der Waals surface area contributed by atoms with Crippen molar-refractivity contribution in [2.75, 3.05) is 0 Å². The number of hydrogen-bond donors (Lipinski definition) is 1. The van der Waals surface area contributed by atoms with E-state index in [0.717, 1.165) is 6.42 Å². The van der Waals surface area contributed by atoms with Gasteiger partial charge in [0.05, 0.1) is 0 Å². The van der Waals surface area contributed by atoms with E-state index in [0.29, 0.717) is 6.42 Å². The summed E-state index contributed by atoms with van der Waals surface area (Å²) in [4.78, 5) is 11.4. The molecule has 1 N–H and O–H groups in total. The van der Waals surface area contributed by atoms with E-state index in [1.54, 1.807) is 3.33 Å². The van der Waals surface area contributed by atoms with E-state index in [1.807, 2.05) is 6.92 Å². The molecule has 0 radical (unpaired) electrons. The zero-order valence-corrected chi connectivity index (χ0v) is 16.1. The van der Waals surface area contributed by atoms with E-state index in [9.17, 15) is 4.79 Å². The summed E-state index contributed by atoms with van der Waals surface area (Å²) >= 11 is -1.87. The quantitative estimate of drug-likeness (QED) is 0.438. The summed E-state index contributed by atoms with van der Waals surface area (Å²) in [6.07, 6.45) is 8.32. The van der Waals surface area contributed by atoms with Gasteiger partial charge >= 0.3 is 95.3 Å². The molecule has 0 fully saturated rings. The van der Waals surface area contributed by atoms with Crippen LogP contribution in [-0.2, 0) is 25.7 Å². The first-order chi connectivity index (χ1) is 6.65. The molecule has 0 bridgehead atoms. The molecule has 91 valence electrons. The number of carbonyl (C=O) groups excluding carboxylic acids is 1. The molecule has 0 aromatic rings. The molecule has 0 spiro atoms. The fourth-order valence-electron chi connectivity index (χ4n) is 1.48. The van der Waals surface area contributed by atoms with Crippen LogP contribution in [0.25, 0.3) is 0 Å². The molecule has 2 nitrogen and oxygen atoms in total. The number of hydrogen-bond acceptors (Lipinski definition) is 1. The normalized spacial score (nSPS) is 12.6. The van der Waals surface area contributed by atoms with E-state index in [-0.39, 0.29) is 30.7 Å². The second-order valence-electron chi connectivity index (χ2n) is 3.79. The maximum absolute atomic E-state index is 11.4. The van der Waals surface area contributed by atoms with Crippen molar-refractivity contribution in [3.8, 4) is 0 Å². The minimum atomic E-state index is -1.87. The fourth-order valence-corrected chi connectivity index (χ4v) is 21.2. The standard InChI is InChI=1S/C5H5.C3H7NO.C2H7Si.2ClH.Hf/c1-2-4-5-3-1;1-2-3(4)5;1-3-2;;;/h1-3H,4H2;2H2,1H3,(H2,4,5);3H,1-2H3;2*1H;/q;;;;;+3/p-3. The van der Waals surface area contributed by atoms with Gasteiger partial charge in [0.1, 0.15) is 0 Å². The van der Waals surface area contributed by atoms with Gasteiger partial charge in [-0.3, -0.25) is 0 Å². The molecule has 0 unspecified atom stereocenters. The Bertz CT molecular complexity index is 282. The summed E-state index contributed by atoms with van der Waals surface area (Å²) in [7, 11) is 0. The molecule has 0 aromatic carbocycles. The van der Waals surface area contributed by atoms with Crippen LogP contribution in [0.5, 0.6) is 0 Å². The van der Waals surface area contributed by atoms with Crippen molar-refractivity contribution >= 4 is 11.9 Å². The first-order valence-corrected chi connectivity index (χ1v) is 17.9. The molecule has 1 aliphatic carbocycles. The van der Waals surface area contributed by atoms with Gasteiger partial charge in [-0.15, -0.1) is 0 Å². The zero-order valence-electron chi connectivity index (χ0n) is 9.89. The molecule has 1 aliphatic rings. The van der Waals surface area contributed by atoms with Crippen LogP contribution >= 0.6 is 0 Å². The predicted octanol–water partition coefficient (Wildman–Crippen LogP) is -4.12. The average Bonchev–Trinajstić information content (AvgIpc) is 2.65. The van der Waals surface area contributed by atoms with Crippen LogP contribution in [0.2, 0.25) is 13.1 Å². The molecule has 0 saturated heterocycles. The van der Waals surface area contributed by atoms with Gasteiger partial charge in [0.25, 0.3) is 0 Å². The summed E-state index contributed by atoms with van der Waals surface area (Å²) in [6, 6.07) is 0. The average molecular weight is 446 g/mol. The Hall–Kier alpha value is 0.617. The summed E-state index contributed by atoms with van der Waals surface area (Å²) in [5, 5.41) is 0. The van der Waals surface area contributed by atoms with Gasteiger partial charge in [0.2, 0.25) is 0 Å². The molecule has 0 aliphatic heterocycles. The molecule has 1 rings (SSSR count). The topological polar surface area (TPSA) is 29.1 Å². The second-order valence-corrected chi connectivity index (χ2v) is 29.5. The Morgan fingerprint density at radius 2 is 2.12 bits per heavy atom. The number of amides is 1. The smallest absolute Gasteiger partial charge is 1.00 e. The summed E-state index contributed by atoms with van der Waals surface area (Å²) < 4.78 is 4.93. The van der Waals surface area contributed by atoms with Crippen molar-refractivity contribution in [2.45, 2.75) is 32.9 Å². The van der Waals surface area contributed by atoms with Gasteiger partial charge in [0.15, 0.2) is 0 Å². The van der Waals surface area contributed by atoms with E-state index < -0.39 is 26.9 Å². The molecular formula is C10H18Cl2HfNOSi. The second kappa shape index (κ2) is 9.63. The van der Waals surface area contributed by atoms with E-state index in [1.165, 1.54) is 0 Å². The van der Waals surface area contributed by atoms with Crippen molar-refractivity contribution < 1.29 is 50.5 Å². The summed E-state index contributed by atoms with van der Waals surface area (Å²) in [6.45, 7) is 6.68. The van der Waals surface area contributed by atoms with Crippen LogP contribution in [0.3, 0.4) is 0 Å². The summed E-state index contributed by atoms with van der Waals surface area (Å²) in [5.74, 6) is -0.371. The molecule has 0 saturated carbocycles. The van der Waals surface area contributed by atoms with Crippen molar-refractivity contribution in [3.63, 3.8) is 0 Å². The third-order valence-corrected chi connectivity index (χ3v) is 25.9. The van der Waals surface area contributed by atoms with Crippen molar-refractivity contribution in [1.29, 1.82) is 0 Å². The third-order valence-electron chi connectivity index (χ3n) is 2.29. The first kappa shape index (κ1) is 19.0. The molecule has 0 atom stereocenters. The molecule has 6 heteroatoms. The molecule has 0 heterocycles. The third kappa shape index (κ3) is 5.80. The van der Waals surface area contributed by atoms with E-state index in [2.05, 4.69) is 34.6 Å². The Kier molecular flexibility index (Phi) is 11.4. The van der Waals surface area contributed by atoms with E-state index >= 15 is 0 Å². The van der Waals surface area contributed by atoms with Gasteiger partial charge in [-0.25, -0.2) is 0 Å². The number of allylic oxidation sites excluding steroid dienone is 4. The first-order valence-electron chi connectivity index (χ1n) is 5.18. The van der Waals surface area contributed by atoms with Crippen molar-refractivity contribution in [2.24, 2.45) is 0 Å². The van der Waals surface area contributed by atoms with Crippen LogP contribution in [0.15, 0.2) is 21.6 Å². The number of nitrogens with one attached hydrogen (secondary N) is 1. The number of carbonyl (C=O) groups is 1. The maximum atomic E-state index is 11.4. The van der Waals surface area contributed by atoms with Crippen LogP contribution < -0.4 is 28.1 Å². The minimum absolute atomic E-state index is 0.